The molecule has 0 aliphatic carbocycles. The van der Waals surface area contributed by atoms with Gasteiger partial charge in [0.05, 0.1) is 27.7 Å². The van der Waals surface area contributed by atoms with E-state index in [2.05, 4.69) is 5.10 Å². The van der Waals surface area contributed by atoms with Crippen LogP contribution in [0.2, 0.25) is 5.02 Å². The smallest absolute Gasteiger partial charge is 0.338 e. The van der Waals surface area contributed by atoms with E-state index in [1.807, 2.05) is 12.2 Å². The lowest BCUT2D eigenvalue weighted by molar-refractivity contribution is -0.119. The van der Waals surface area contributed by atoms with Crippen molar-refractivity contribution in [2.75, 3.05) is 11.9 Å². The molecule has 0 aliphatic rings. The molecule has 1 N–H and O–H groups in total. The molecule has 3 aromatic rings. The van der Waals surface area contributed by atoms with Crippen LogP contribution in [0.25, 0.3) is 5.69 Å². The number of hydrogen-bond acceptors (Lipinski definition) is 4. The van der Waals surface area contributed by atoms with E-state index in [1.54, 1.807) is 23.7 Å². The van der Waals surface area contributed by atoms with Crippen LogP contribution in [-0.2, 0) is 9.53 Å². The van der Waals surface area contributed by atoms with Crippen LogP contribution >= 0.6 is 11.6 Å². The van der Waals surface area contributed by atoms with Gasteiger partial charge in [-0.3, -0.25) is 4.79 Å². The van der Waals surface area contributed by atoms with Crippen molar-refractivity contribution < 1.29 is 23.1 Å². The molecule has 3 rings (SSSR count). The van der Waals surface area contributed by atoms with E-state index in [-0.39, 0.29) is 5.56 Å². The van der Waals surface area contributed by atoms with Gasteiger partial charge in [0.25, 0.3) is 5.91 Å². The highest BCUT2D eigenvalue weighted by molar-refractivity contribution is 6.31. The monoisotopic (exact) mass is 419 g/mol. The Bertz CT molecular complexity index is 1060. The second-order valence-electron chi connectivity index (χ2n) is 6.16. The number of carbonyl (C=O) groups excluding carboxylic acids is 2. The Balaban J connectivity index is 1.62. The highest BCUT2D eigenvalue weighted by Gasteiger charge is 2.15. The summed E-state index contributed by atoms with van der Waals surface area (Å²) < 4.78 is 33.6. The molecule has 1 aromatic heterocycles. The van der Waals surface area contributed by atoms with E-state index in [1.165, 1.54) is 18.2 Å². The van der Waals surface area contributed by atoms with Crippen LogP contribution in [0.3, 0.4) is 0 Å². The van der Waals surface area contributed by atoms with E-state index < -0.39 is 35.8 Å². The summed E-state index contributed by atoms with van der Waals surface area (Å²) in [6.45, 7) is 2.92. The number of halogens is 3. The van der Waals surface area contributed by atoms with E-state index in [9.17, 15) is 18.4 Å². The summed E-state index contributed by atoms with van der Waals surface area (Å²) in [6, 6.07) is 9.50. The zero-order valence-corrected chi connectivity index (χ0v) is 16.3. The molecule has 150 valence electrons. The molecule has 0 fully saturated rings. The molecule has 0 aliphatic heterocycles. The quantitative estimate of drug-likeness (QED) is 0.628. The largest absolute Gasteiger partial charge is 0.452 e. The second-order valence-corrected chi connectivity index (χ2v) is 6.54. The summed E-state index contributed by atoms with van der Waals surface area (Å²) in [5, 5.41) is 6.92. The number of aryl methyl sites for hydroxylation is 1. The number of nitrogens with zero attached hydrogens (tertiary/aromatic N) is 2. The van der Waals surface area contributed by atoms with Crippen molar-refractivity contribution in [2.45, 2.75) is 13.8 Å². The van der Waals surface area contributed by atoms with Gasteiger partial charge in [0.2, 0.25) is 0 Å². The SMILES string of the molecule is Cc1nn(-c2ccc(C(=O)OCC(=O)Nc3c(F)cccc3F)cc2)c(C)c1Cl. The van der Waals surface area contributed by atoms with Gasteiger partial charge in [0.1, 0.15) is 17.3 Å². The predicted molar refractivity (Wildman–Crippen MR) is 103 cm³/mol. The van der Waals surface area contributed by atoms with Crippen LogP contribution in [0.4, 0.5) is 14.5 Å². The summed E-state index contributed by atoms with van der Waals surface area (Å²) in [4.78, 5) is 23.9. The Morgan fingerprint density at radius 1 is 1.10 bits per heavy atom. The zero-order chi connectivity index (χ0) is 21.1. The molecule has 0 bridgehead atoms. The number of amides is 1. The van der Waals surface area contributed by atoms with Gasteiger partial charge in [-0.15, -0.1) is 0 Å². The van der Waals surface area contributed by atoms with Gasteiger partial charge < -0.3 is 10.1 Å². The molecule has 1 heterocycles. The Morgan fingerprint density at radius 2 is 1.72 bits per heavy atom. The summed E-state index contributed by atoms with van der Waals surface area (Å²) in [5.41, 5.74) is 1.75. The lowest BCUT2D eigenvalue weighted by Crippen LogP contribution is -2.22. The average molecular weight is 420 g/mol. The number of esters is 1. The fraction of sp³-hybridized carbons (Fsp3) is 0.150. The third-order valence-corrected chi connectivity index (χ3v) is 4.66. The number of aromatic nitrogens is 2. The third kappa shape index (κ3) is 4.43. The normalized spacial score (nSPS) is 10.7. The first-order valence-corrected chi connectivity index (χ1v) is 8.89. The lowest BCUT2D eigenvalue weighted by atomic mass is 10.2. The highest BCUT2D eigenvalue weighted by Crippen LogP contribution is 2.22. The molecular weight excluding hydrogens is 404 g/mol. The Morgan fingerprint density at radius 3 is 2.28 bits per heavy atom. The first-order chi connectivity index (χ1) is 13.8. The number of carbonyl (C=O) groups is 2. The molecule has 2 aromatic carbocycles. The van der Waals surface area contributed by atoms with Crippen LogP contribution in [-0.4, -0.2) is 28.3 Å². The molecule has 0 saturated carbocycles. The van der Waals surface area contributed by atoms with E-state index in [0.717, 1.165) is 17.8 Å². The second kappa shape index (κ2) is 8.40. The zero-order valence-electron chi connectivity index (χ0n) is 15.5. The Labute approximate surface area is 170 Å². The average Bonchev–Trinajstić information content (AvgIpc) is 2.96. The number of para-hydroxylation sites is 1. The van der Waals surface area contributed by atoms with Crippen LogP contribution in [0.1, 0.15) is 21.7 Å². The van der Waals surface area contributed by atoms with Crippen molar-refractivity contribution in [1.29, 1.82) is 0 Å². The van der Waals surface area contributed by atoms with Gasteiger partial charge in [-0.05, 0) is 50.2 Å². The summed E-state index contributed by atoms with van der Waals surface area (Å²) in [6.07, 6.45) is 0. The molecule has 0 spiro atoms. The van der Waals surface area contributed by atoms with Crippen molar-refractivity contribution in [3.63, 3.8) is 0 Å². The minimum absolute atomic E-state index is 0.200. The van der Waals surface area contributed by atoms with Crippen LogP contribution in [0.5, 0.6) is 0 Å². The molecule has 1 amide bonds. The van der Waals surface area contributed by atoms with E-state index in [0.29, 0.717) is 16.4 Å². The number of rotatable bonds is 5. The maximum absolute atomic E-state index is 13.5. The van der Waals surface area contributed by atoms with E-state index in [4.69, 9.17) is 16.3 Å². The topological polar surface area (TPSA) is 73.2 Å². The summed E-state index contributed by atoms with van der Waals surface area (Å²) >= 11 is 6.14. The van der Waals surface area contributed by atoms with Gasteiger partial charge in [-0.1, -0.05) is 17.7 Å². The van der Waals surface area contributed by atoms with Crippen molar-refractivity contribution in [1.82, 2.24) is 9.78 Å². The molecule has 9 heteroatoms. The van der Waals surface area contributed by atoms with Crippen LogP contribution in [0.15, 0.2) is 42.5 Å². The minimum atomic E-state index is -0.926. The maximum Gasteiger partial charge on any atom is 0.338 e. The van der Waals surface area contributed by atoms with Gasteiger partial charge in [0.15, 0.2) is 6.61 Å². The van der Waals surface area contributed by atoms with Crippen molar-refractivity contribution >= 4 is 29.2 Å². The van der Waals surface area contributed by atoms with Crippen molar-refractivity contribution in [3.05, 3.63) is 76.1 Å². The third-order valence-electron chi connectivity index (χ3n) is 4.11. The molecule has 0 saturated heterocycles. The van der Waals surface area contributed by atoms with Gasteiger partial charge in [-0.25, -0.2) is 18.3 Å². The number of nitrogens with one attached hydrogen (secondary N) is 1. The van der Waals surface area contributed by atoms with Gasteiger partial charge in [0, 0.05) is 0 Å². The molecule has 0 radical (unpaired) electrons. The Hall–Kier alpha value is -3.26. The van der Waals surface area contributed by atoms with Gasteiger partial charge in [-0.2, -0.15) is 5.10 Å². The van der Waals surface area contributed by atoms with Crippen molar-refractivity contribution in [2.24, 2.45) is 0 Å². The standard InChI is InChI=1S/C20H16ClF2N3O3/c1-11-18(21)12(2)26(25-11)14-8-6-13(7-9-14)20(28)29-10-17(27)24-19-15(22)4-3-5-16(19)23/h3-9H,10H2,1-2H3,(H,24,27). The molecule has 29 heavy (non-hydrogen) atoms. The van der Waals surface area contributed by atoms with Crippen molar-refractivity contribution in [3.8, 4) is 5.69 Å². The number of hydrogen-bond donors (Lipinski definition) is 1. The lowest BCUT2D eigenvalue weighted by Gasteiger charge is -2.09. The Kier molecular flexibility index (Phi) is 5.93. The van der Waals surface area contributed by atoms with Crippen LogP contribution < -0.4 is 5.32 Å². The molecular formula is C20H16ClF2N3O3. The van der Waals surface area contributed by atoms with Gasteiger partial charge >= 0.3 is 5.97 Å². The molecule has 0 unspecified atom stereocenters. The molecule has 6 nitrogen and oxygen atoms in total. The first kappa shape index (κ1) is 20.5. The summed E-state index contributed by atoms with van der Waals surface area (Å²) in [7, 11) is 0. The fourth-order valence-electron chi connectivity index (χ4n) is 2.62. The highest BCUT2D eigenvalue weighted by atomic mass is 35.5. The first-order valence-electron chi connectivity index (χ1n) is 8.51. The predicted octanol–water partition coefficient (Wildman–Crippen LogP) is 4.22. The minimum Gasteiger partial charge on any atom is -0.452 e. The molecule has 0 atom stereocenters. The maximum atomic E-state index is 13.5. The number of ether oxygens (including phenoxy) is 1. The van der Waals surface area contributed by atoms with Crippen LogP contribution in [0, 0.1) is 25.5 Å². The van der Waals surface area contributed by atoms with E-state index >= 15 is 0 Å². The number of anilines is 1. The summed E-state index contributed by atoms with van der Waals surface area (Å²) in [5.74, 6) is -3.47. The number of benzene rings is 2. The fourth-order valence-corrected chi connectivity index (χ4v) is 2.74.